The fourth-order valence-corrected chi connectivity index (χ4v) is 0.278. The summed E-state index contributed by atoms with van der Waals surface area (Å²) in [6.07, 6.45) is -0.975. The van der Waals surface area contributed by atoms with Crippen LogP contribution >= 0.6 is 0 Å². The molecule has 0 heterocycles. The molecule has 0 aliphatic carbocycles. The molecule has 0 saturated carbocycles. The molecule has 65 valence electrons. The summed E-state index contributed by atoms with van der Waals surface area (Å²) in [6.45, 7) is 5.16. The Morgan fingerprint density at radius 3 is 1.64 bits per heavy atom. The average Bonchev–Trinajstić information content (AvgIpc) is 1.64. The molecule has 0 aliphatic rings. The minimum Gasteiger partial charge on any atom is -0.632 e. The Morgan fingerprint density at radius 2 is 1.64 bits per heavy atom. The Balaban J connectivity index is -0.000000196. The van der Waals surface area contributed by atoms with Crippen LogP contribution in [-0.4, -0.2) is 23.9 Å². The van der Waals surface area contributed by atoms with Crippen molar-refractivity contribution < 1.29 is 47.3 Å². The van der Waals surface area contributed by atoms with E-state index in [2.05, 4.69) is 4.74 Å². The zero-order chi connectivity index (χ0) is 8.78. The van der Waals surface area contributed by atoms with E-state index in [9.17, 15) is 4.79 Å². The molecule has 0 spiro atoms. The number of carbonyl (C=O) groups excluding carboxylic acids is 1. The van der Waals surface area contributed by atoms with Crippen molar-refractivity contribution in [1.29, 1.82) is 0 Å². The van der Waals surface area contributed by atoms with Crippen LogP contribution in [0.15, 0.2) is 0 Å². The van der Waals surface area contributed by atoms with Crippen molar-refractivity contribution in [3.05, 3.63) is 5.73 Å². The molecule has 1 amide bonds. The maximum Gasteiger partial charge on any atom is 0.227 e. The van der Waals surface area contributed by atoms with Crippen LogP contribution in [0.3, 0.4) is 0 Å². The predicted molar refractivity (Wildman–Crippen MR) is 38.7 cm³/mol. The minimum atomic E-state index is -0.975. The zero-order valence-corrected chi connectivity index (χ0v) is 10.2. The van der Waals surface area contributed by atoms with Gasteiger partial charge in [0.15, 0.2) is 0 Å². The van der Waals surface area contributed by atoms with E-state index in [1.807, 2.05) is 0 Å². The molecule has 0 fully saturated rings. The Kier molecular flexibility index (Phi) is 13.4. The van der Waals surface area contributed by atoms with Crippen LogP contribution in [0, 0.1) is 0 Å². The number of aliphatic hydroxyl groups excluding tert-OH is 1. The molecule has 0 unspecified atom stereocenters. The largest absolute Gasteiger partial charge is 0.632 e. The molecular formula is C6H14NO3Y-. The van der Waals surface area contributed by atoms with Gasteiger partial charge in [0.1, 0.15) is 5.60 Å². The maximum absolute atomic E-state index is 9.90. The van der Waals surface area contributed by atoms with Gasteiger partial charge >= 0.3 is 0 Å². The molecule has 0 aromatic heterocycles. The Labute approximate surface area is 92.4 Å². The molecule has 0 rings (SSSR count). The van der Waals surface area contributed by atoms with E-state index in [1.54, 1.807) is 20.8 Å². The number of carbonyl (C=O) groups is 1. The van der Waals surface area contributed by atoms with Crippen LogP contribution in [-0.2, 0) is 37.4 Å². The molecule has 0 saturated heterocycles. The summed E-state index contributed by atoms with van der Waals surface area (Å²) in [6, 6.07) is 0. The number of nitrogens with one attached hydrogen (secondary N) is 1. The van der Waals surface area contributed by atoms with Crippen LogP contribution in [0.25, 0.3) is 5.73 Å². The Hall–Kier alpha value is 0.334. The summed E-state index contributed by atoms with van der Waals surface area (Å²) >= 11 is 0. The predicted octanol–water partition coefficient (Wildman–Crippen LogP) is 1.58. The molecule has 2 N–H and O–H groups in total. The van der Waals surface area contributed by atoms with E-state index in [1.165, 1.54) is 0 Å². The molecule has 1 radical (unpaired) electrons. The van der Waals surface area contributed by atoms with Crippen molar-refractivity contribution in [2.75, 3.05) is 7.11 Å². The molecule has 0 aromatic carbocycles. The number of ether oxygens (including phenoxy) is 1. The summed E-state index contributed by atoms with van der Waals surface area (Å²) in [5.41, 5.74) is 5.86. The second-order valence-corrected chi connectivity index (χ2v) is 2.50. The molecule has 0 bridgehead atoms. The monoisotopic (exact) mass is 237 g/mol. The van der Waals surface area contributed by atoms with E-state index in [0.717, 1.165) is 7.11 Å². The summed E-state index contributed by atoms with van der Waals surface area (Å²) < 4.78 is 4.47. The van der Waals surface area contributed by atoms with Crippen LogP contribution < -0.4 is 0 Å². The number of aliphatic hydroxyl groups is 1. The van der Waals surface area contributed by atoms with Gasteiger partial charge in [-0.3, -0.25) is 4.79 Å². The molecule has 11 heavy (non-hydrogen) atoms. The van der Waals surface area contributed by atoms with Crippen LogP contribution in [0.4, 0.5) is 4.79 Å². The van der Waals surface area contributed by atoms with E-state index in [-0.39, 0.29) is 32.7 Å². The van der Waals surface area contributed by atoms with Gasteiger partial charge in [-0.15, -0.1) is 0 Å². The van der Waals surface area contributed by atoms with Gasteiger partial charge in [0, 0.05) is 39.8 Å². The first-order chi connectivity index (χ1) is 4.42. The molecule has 0 aromatic rings. The fourth-order valence-electron chi connectivity index (χ4n) is 0.278. The molecule has 0 aliphatic heterocycles. The first-order valence-corrected chi connectivity index (χ1v) is 2.81. The average molecular weight is 237 g/mol. The number of rotatable bonds is 0. The van der Waals surface area contributed by atoms with Crippen molar-refractivity contribution in [2.45, 2.75) is 26.4 Å². The van der Waals surface area contributed by atoms with Gasteiger partial charge in [0.05, 0.1) is 0 Å². The SMILES string of the molecule is CC(C)(C)OC([NH-])=O.CO.[Y]. The van der Waals surface area contributed by atoms with Gasteiger partial charge in [-0.25, -0.2) is 0 Å². The van der Waals surface area contributed by atoms with Gasteiger partial charge in [-0.1, -0.05) is 0 Å². The zero-order valence-electron chi connectivity index (χ0n) is 7.34. The number of amides is 1. The van der Waals surface area contributed by atoms with Crippen LogP contribution in [0.5, 0.6) is 0 Å². The topological polar surface area (TPSA) is 70.3 Å². The fraction of sp³-hybridized carbons (Fsp3) is 0.833. The first-order valence-electron chi connectivity index (χ1n) is 2.81. The van der Waals surface area contributed by atoms with Crippen molar-refractivity contribution in [3.8, 4) is 0 Å². The smallest absolute Gasteiger partial charge is 0.227 e. The van der Waals surface area contributed by atoms with Gasteiger partial charge in [0.2, 0.25) is 6.09 Å². The first kappa shape index (κ1) is 17.4. The summed E-state index contributed by atoms with van der Waals surface area (Å²) in [5.74, 6) is 0. The summed E-state index contributed by atoms with van der Waals surface area (Å²) in [7, 11) is 1.00. The summed E-state index contributed by atoms with van der Waals surface area (Å²) in [5, 5.41) is 7.00. The standard InChI is InChI=1S/C5H11NO2.CH4O.Y/c1-5(2,3)8-4(6)7;1-2;/h1-3H3,(H2,6,7);2H,1H3;/p-1. The Bertz CT molecular complexity index is 100. The molecular weight excluding hydrogens is 223 g/mol. The van der Waals surface area contributed by atoms with Crippen molar-refractivity contribution in [3.63, 3.8) is 0 Å². The van der Waals surface area contributed by atoms with Gasteiger partial charge in [-0.05, 0) is 20.8 Å². The van der Waals surface area contributed by atoms with Crippen LogP contribution in [0.1, 0.15) is 20.8 Å². The van der Waals surface area contributed by atoms with Crippen LogP contribution in [0.2, 0.25) is 0 Å². The Morgan fingerprint density at radius 1 is 1.36 bits per heavy atom. The van der Waals surface area contributed by atoms with E-state index < -0.39 is 11.7 Å². The van der Waals surface area contributed by atoms with Crippen molar-refractivity contribution in [1.82, 2.24) is 0 Å². The maximum atomic E-state index is 9.90. The normalized spacial score (nSPS) is 8.45. The van der Waals surface area contributed by atoms with Crippen molar-refractivity contribution >= 4 is 6.09 Å². The van der Waals surface area contributed by atoms with Gasteiger partial charge in [-0.2, -0.15) is 0 Å². The number of hydrogen-bond acceptors (Lipinski definition) is 3. The van der Waals surface area contributed by atoms with Gasteiger partial charge in [0.25, 0.3) is 0 Å². The third kappa shape index (κ3) is 25.2. The second kappa shape index (κ2) is 8.43. The third-order valence-electron chi connectivity index (χ3n) is 0.399. The second-order valence-electron chi connectivity index (χ2n) is 2.50. The molecule has 5 heteroatoms. The minimum absolute atomic E-state index is 0. The van der Waals surface area contributed by atoms with E-state index in [0.29, 0.717) is 0 Å². The van der Waals surface area contributed by atoms with Crippen molar-refractivity contribution in [2.24, 2.45) is 0 Å². The number of hydrogen-bond donors (Lipinski definition) is 1. The summed E-state index contributed by atoms with van der Waals surface area (Å²) in [4.78, 5) is 9.90. The van der Waals surface area contributed by atoms with E-state index in [4.69, 9.17) is 10.8 Å². The van der Waals surface area contributed by atoms with Gasteiger partial charge < -0.3 is 15.6 Å². The quantitative estimate of drug-likeness (QED) is 0.695. The molecule has 0 atom stereocenters. The van der Waals surface area contributed by atoms with E-state index >= 15 is 0 Å². The molecule has 4 nitrogen and oxygen atoms in total. The third-order valence-corrected chi connectivity index (χ3v) is 0.399.